The Morgan fingerprint density at radius 3 is 1.76 bits per heavy atom. The predicted octanol–water partition coefficient (Wildman–Crippen LogP) is 10.8. The fraction of sp³-hybridized carbons (Fsp3) is 0. The van der Waals surface area contributed by atoms with Crippen molar-refractivity contribution in [1.29, 1.82) is 0 Å². The van der Waals surface area contributed by atoms with Gasteiger partial charge in [0.1, 0.15) is 0 Å². The first-order chi connectivity index (χ1) is 22.2. The lowest BCUT2D eigenvalue weighted by atomic mass is 9.84. The van der Waals surface area contributed by atoms with Gasteiger partial charge in [-0.2, -0.15) is 0 Å². The van der Waals surface area contributed by atoms with Crippen LogP contribution in [0.15, 0.2) is 145 Å². The monoisotopic (exact) mass is 488 g/mol. The van der Waals surface area contributed by atoms with Crippen molar-refractivity contribution in [1.82, 2.24) is 0 Å². The molecule has 0 atom stereocenters. The van der Waals surface area contributed by atoms with E-state index in [1.807, 2.05) is 78.9 Å². The lowest BCUT2D eigenvalue weighted by molar-refractivity contribution is 1.66. The van der Waals surface area contributed by atoms with Gasteiger partial charge in [-0.15, -0.1) is 0 Å². The second-order valence-corrected chi connectivity index (χ2v) is 9.44. The van der Waals surface area contributed by atoms with Crippen LogP contribution in [0.2, 0.25) is 0 Å². The summed E-state index contributed by atoms with van der Waals surface area (Å²) in [4.78, 5) is 0. The molecule has 0 aromatic heterocycles. The van der Waals surface area contributed by atoms with Crippen molar-refractivity contribution in [2.24, 2.45) is 0 Å². The summed E-state index contributed by atoms with van der Waals surface area (Å²) >= 11 is 0. The molecule has 0 heterocycles. The van der Waals surface area contributed by atoms with Crippen LogP contribution in [0.1, 0.15) is 11.0 Å². The molecule has 0 spiro atoms. The van der Waals surface area contributed by atoms with E-state index < -0.39 is 12.1 Å². The van der Waals surface area contributed by atoms with Gasteiger partial charge >= 0.3 is 0 Å². The highest BCUT2D eigenvalue weighted by Gasteiger charge is 2.17. The third-order valence-electron chi connectivity index (χ3n) is 7.41. The second kappa shape index (κ2) is 8.30. The summed E-state index contributed by atoms with van der Waals surface area (Å²) in [6.45, 7) is 0. The quantitative estimate of drug-likeness (QED) is 0.168. The number of hydrogen-bond acceptors (Lipinski definition) is 0. The maximum Gasteiger partial charge on any atom is 0.0636 e. The van der Waals surface area contributed by atoms with Crippen molar-refractivity contribution in [3.8, 4) is 22.3 Å². The van der Waals surface area contributed by atoms with E-state index in [2.05, 4.69) is 18.2 Å². The van der Waals surface area contributed by atoms with Crippen molar-refractivity contribution < 1.29 is 11.0 Å². The Morgan fingerprint density at radius 2 is 1.00 bits per heavy atom. The fourth-order valence-corrected chi connectivity index (χ4v) is 5.85. The van der Waals surface area contributed by atoms with Gasteiger partial charge in [0.15, 0.2) is 0 Å². The summed E-state index contributed by atoms with van der Waals surface area (Å²) in [6.07, 6.45) is 0. The van der Waals surface area contributed by atoms with Crippen molar-refractivity contribution >= 4 is 53.9 Å². The van der Waals surface area contributed by atoms with E-state index >= 15 is 0 Å². The van der Waals surface area contributed by atoms with Crippen LogP contribution in [-0.4, -0.2) is 0 Å². The number of fused-ring (bicyclic) bond motifs is 8. The lowest BCUT2D eigenvalue weighted by Crippen LogP contribution is -1.91. The van der Waals surface area contributed by atoms with Gasteiger partial charge in [0, 0.05) is 0 Å². The molecule has 0 bridgehead atoms. The van der Waals surface area contributed by atoms with Crippen LogP contribution in [0.4, 0.5) is 0 Å². The number of rotatable bonds is 2. The Labute approximate surface area is 232 Å². The molecule has 0 fully saturated rings. The van der Waals surface area contributed by atoms with Gasteiger partial charge in [-0.1, -0.05) is 139 Å². The highest BCUT2D eigenvalue weighted by Crippen LogP contribution is 2.45. The van der Waals surface area contributed by atoms with Crippen LogP contribution in [0, 0.1) is 0 Å². The van der Waals surface area contributed by atoms with E-state index in [-0.39, 0.29) is 52.4 Å². The molecule has 8 aromatic rings. The minimum Gasteiger partial charge on any atom is -0.0622 e. The average Bonchev–Trinajstić information content (AvgIpc) is 3.09. The molecule has 0 unspecified atom stereocenters. The molecule has 8 rings (SSSR count). The molecule has 38 heavy (non-hydrogen) atoms. The Hall–Kier alpha value is -4.94. The standard InChI is InChI=1S/C38H24/c1-2-12-25(13-3-1)36-28-16-5-4-14-26(28)24-27-15-10-21-34(37(27)36)35-23-11-22-33-31-18-7-6-17-29(31)30-19-8-9-20-32(30)38(33)35/h1-24H/i4D,5D,10D,14D,15D,16D,21D,24D. The van der Waals surface area contributed by atoms with E-state index in [9.17, 15) is 2.74 Å². The Balaban J connectivity index is 1.72. The number of hydrogen-bond donors (Lipinski definition) is 0. The summed E-state index contributed by atoms with van der Waals surface area (Å²) < 4.78 is 71.6. The summed E-state index contributed by atoms with van der Waals surface area (Å²) in [7, 11) is 0. The van der Waals surface area contributed by atoms with Gasteiger partial charge in [0.25, 0.3) is 0 Å². The topological polar surface area (TPSA) is 0 Å². The molecular formula is C38H24. The molecule has 0 saturated heterocycles. The second-order valence-electron chi connectivity index (χ2n) is 9.44. The molecule has 176 valence electrons. The molecule has 8 aromatic carbocycles. The molecule has 0 N–H and O–H groups in total. The van der Waals surface area contributed by atoms with Crippen LogP contribution in [-0.2, 0) is 0 Å². The molecule has 0 radical (unpaired) electrons. The molecule has 0 heteroatoms. The van der Waals surface area contributed by atoms with Gasteiger partial charge in [0.05, 0.1) is 11.0 Å². The first-order valence-corrected chi connectivity index (χ1v) is 12.6. The summed E-state index contributed by atoms with van der Waals surface area (Å²) in [5, 5.41) is 6.49. The van der Waals surface area contributed by atoms with Crippen LogP contribution < -0.4 is 0 Å². The maximum atomic E-state index is 9.39. The van der Waals surface area contributed by atoms with Gasteiger partial charge < -0.3 is 0 Å². The molecule has 0 aliphatic rings. The number of benzene rings is 8. The molecular weight excluding hydrogens is 456 g/mol. The predicted molar refractivity (Wildman–Crippen MR) is 165 cm³/mol. The average molecular weight is 489 g/mol. The lowest BCUT2D eigenvalue weighted by Gasteiger charge is -2.18. The van der Waals surface area contributed by atoms with Crippen LogP contribution in [0.25, 0.3) is 76.1 Å². The van der Waals surface area contributed by atoms with Crippen LogP contribution >= 0.6 is 0 Å². The van der Waals surface area contributed by atoms with Crippen LogP contribution in [0.5, 0.6) is 0 Å². The van der Waals surface area contributed by atoms with E-state index in [4.69, 9.17) is 8.22 Å². The minimum absolute atomic E-state index is 0.0108. The molecule has 0 saturated carbocycles. The Bertz CT molecular complexity index is 2560. The fourth-order valence-electron chi connectivity index (χ4n) is 5.85. The van der Waals surface area contributed by atoms with E-state index in [0.29, 0.717) is 27.6 Å². The highest BCUT2D eigenvalue weighted by atomic mass is 14.2. The first-order valence-electron chi connectivity index (χ1n) is 16.6. The van der Waals surface area contributed by atoms with Crippen LogP contribution in [0.3, 0.4) is 0 Å². The summed E-state index contributed by atoms with van der Waals surface area (Å²) in [5.41, 5.74) is 2.03. The van der Waals surface area contributed by atoms with Gasteiger partial charge in [0.2, 0.25) is 0 Å². The zero-order chi connectivity index (χ0) is 32.0. The maximum absolute atomic E-state index is 9.39. The van der Waals surface area contributed by atoms with Crippen molar-refractivity contribution in [3.05, 3.63) is 145 Å². The Kier molecular flexibility index (Phi) is 3.21. The zero-order valence-electron chi connectivity index (χ0n) is 28.2. The zero-order valence-corrected chi connectivity index (χ0v) is 20.2. The smallest absolute Gasteiger partial charge is 0.0622 e. The van der Waals surface area contributed by atoms with Gasteiger partial charge in [-0.05, 0) is 82.2 Å². The molecule has 0 nitrogen and oxygen atoms in total. The normalized spacial score (nSPS) is 14.6. The molecule has 0 aliphatic carbocycles. The summed E-state index contributed by atoms with van der Waals surface area (Å²) in [6, 6.07) is 28.6. The highest BCUT2D eigenvalue weighted by molar-refractivity contribution is 6.30. The van der Waals surface area contributed by atoms with Crippen molar-refractivity contribution in [2.45, 2.75) is 0 Å². The first kappa shape index (κ1) is 14.7. The van der Waals surface area contributed by atoms with E-state index in [0.717, 1.165) is 32.3 Å². The largest absolute Gasteiger partial charge is 0.0636 e. The van der Waals surface area contributed by atoms with Crippen molar-refractivity contribution in [2.75, 3.05) is 0 Å². The Morgan fingerprint density at radius 1 is 0.395 bits per heavy atom. The van der Waals surface area contributed by atoms with E-state index in [1.165, 1.54) is 0 Å². The third-order valence-corrected chi connectivity index (χ3v) is 7.41. The molecule has 0 amide bonds. The van der Waals surface area contributed by atoms with E-state index in [1.54, 1.807) is 0 Å². The van der Waals surface area contributed by atoms with Gasteiger partial charge in [-0.3, -0.25) is 0 Å². The minimum atomic E-state index is -0.466. The molecule has 0 aliphatic heterocycles. The van der Waals surface area contributed by atoms with Gasteiger partial charge in [-0.25, -0.2) is 0 Å². The van der Waals surface area contributed by atoms with Crippen molar-refractivity contribution in [3.63, 3.8) is 0 Å². The summed E-state index contributed by atoms with van der Waals surface area (Å²) in [5.74, 6) is 0. The SMILES string of the molecule is [2H]c1c([2H])c([2H])c2c(-c3ccccc3)c3c(-c4cccc5c6ccccc6c6ccccc6c45)c([2H])c([2H])c([2H])c3c([2H])c2c1[2H]. The third kappa shape index (κ3) is 3.04.